The molecular weight excluding hydrogens is 441 g/mol. The summed E-state index contributed by atoms with van der Waals surface area (Å²) in [5, 5.41) is 4.79. The van der Waals surface area contributed by atoms with Crippen LogP contribution in [0.5, 0.6) is 0 Å². The Kier molecular flexibility index (Phi) is 8.19. The maximum absolute atomic E-state index is 13.0. The van der Waals surface area contributed by atoms with Crippen LogP contribution < -0.4 is 10.9 Å². The van der Waals surface area contributed by atoms with Gasteiger partial charge in [-0.1, -0.05) is 73.3 Å². The fourth-order valence-electron chi connectivity index (χ4n) is 3.06. The predicted molar refractivity (Wildman–Crippen MR) is 126 cm³/mol. The van der Waals surface area contributed by atoms with Gasteiger partial charge < -0.3 is 5.32 Å². The van der Waals surface area contributed by atoms with Crippen LogP contribution in [-0.2, 0) is 11.3 Å². The molecule has 3 aromatic rings. The molecule has 0 saturated carbocycles. The van der Waals surface area contributed by atoms with Crippen molar-refractivity contribution in [2.75, 3.05) is 11.1 Å². The summed E-state index contributed by atoms with van der Waals surface area (Å²) in [5.41, 5.74) is 1.02. The van der Waals surface area contributed by atoms with Crippen LogP contribution in [0.1, 0.15) is 32.6 Å². The molecule has 30 heavy (non-hydrogen) atoms. The molecule has 0 saturated heterocycles. The highest BCUT2D eigenvalue weighted by Gasteiger charge is 2.14. The molecule has 0 aliphatic rings. The van der Waals surface area contributed by atoms with E-state index in [4.69, 9.17) is 23.2 Å². The van der Waals surface area contributed by atoms with E-state index in [1.54, 1.807) is 28.8 Å². The Labute approximate surface area is 189 Å². The van der Waals surface area contributed by atoms with E-state index in [-0.39, 0.29) is 17.2 Å². The van der Waals surface area contributed by atoms with Crippen molar-refractivity contribution in [3.05, 3.63) is 62.9 Å². The van der Waals surface area contributed by atoms with E-state index in [0.717, 1.165) is 25.7 Å². The number of hydrogen-bond acceptors (Lipinski definition) is 4. The molecule has 1 heterocycles. The Morgan fingerprint density at radius 2 is 1.93 bits per heavy atom. The zero-order valence-corrected chi connectivity index (χ0v) is 19.0. The number of benzene rings is 2. The number of hydrogen-bond donors (Lipinski definition) is 1. The number of halogens is 2. The molecule has 1 amide bonds. The molecule has 1 N–H and O–H groups in total. The Bertz CT molecular complexity index is 1100. The van der Waals surface area contributed by atoms with Gasteiger partial charge in [-0.3, -0.25) is 14.2 Å². The number of para-hydroxylation sites is 1. The highest BCUT2D eigenvalue weighted by atomic mass is 35.5. The summed E-state index contributed by atoms with van der Waals surface area (Å²) in [6.45, 7) is 2.73. The maximum Gasteiger partial charge on any atom is 0.262 e. The number of carbonyl (C=O) groups excluding carboxylic acids is 1. The van der Waals surface area contributed by atoms with Gasteiger partial charge >= 0.3 is 0 Å². The van der Waals surface area contributed by atoms with Crippen molar-refractivity contribution in [1.82, 2.24) is 9.55 Å². The zero-order chi connectivity index (χ0) is 21.5. The Hall–Kier alpha value is -2.02. The Balaban J connectivity index is 1.78. The molecule has 0 aliphatic carbocycles. The molecule has 5 nitrogen and oxygen atoms in total. The topological polar surface area (TPSA) is 64.0 Å². The number of fused-ring (bicyclic) bond motifs is 1. The predicted octanol–water partition coefficient (Wildman–Crippen LogP) is 6.01. The molecule has 158 valence electrons. The van der Waals surface area contributed by atoms with Gasteiger partial charge in [0.2, 0.25) is 5.91 Å². The number of thioether (sulfide) groups is 1. The molecule has 2 aromatic carbocycles. The minimum atomic E-state index is -0.246. The smallest absolute Gasteiger partial charge is 0.262 e. The lowest BCUT2D eigenvalue weighted by Crippen LogP contribution is -2.24. The van der Waals surface area contributed by atoms with Crippen molar-refractivity contribution in [1.29, 1.82) is 0 Å². The lowest BCUT2D eigenvalue weighted by Gasteiger charge is -2.13. The number of aromatic nitrogens is 2. The Morgan fingerprint density at radius 1 is 1.13 bits per heavy atom. The van der Waals surface area contributed by atoms with Crippen LogP contribution in [0.3, 0.4) is 0 Å². The number of amides is 1. The van der Waals surface area contributed by atoms with Gasteiger partial charge in [0, 0.05) is 11.6 Å². The minimum Gasteiger partial charge on any atom is -0.324 e. The third-order valence-electron chi connectivity index (χ3n) is 4.60. The van der Waals surface area contributed by atoms with Crippen molar-refractivity contribution >= 4 is 57.5 Å². The zero-order valence-electron chi connectivity index (χ0n) is 16.7. The van der Waals surface area contributed by atoms with Crippen LogP contribution in [0.4, 0.5) is 5.69 Å². The van der Waals surface area contributed by atoms with Crippen LogP contribution in [0.25, 0.3) is 10.9 Å². The first-order chi connectivity index (χ1) is 14.5. The number of unbranched alkanes of at least 4 members (excludes halogenated alkanes) is 3. The molecule has 3 rings (SSSR count). The molecular formula is C22H23Cl2N3O2S. The number of nitrogens with zero attached hydrogens (tertiary/aromatic N) is 2. The summed E-state index contributed by atoms with van der Waals surface area (Å²) in [6.07, 6.45) is 4.19. The molecule has 0 unspecified atom stereocenters. The van der Waals surface area contributed by atoms with E-state index >= 15 is 0 Å². The van der Waals surface area contributed by atoms with E-state index in [1.165, 1.54) is 11.8 Å². The van der Waals surface area contributed by atoms with Gasteiger partial charge in [0.15, 0.2) is 5.16 Å². The van der Waals surface area contributed by atoms with E-state index in [1.807, 2.05) is 18.2 Å². The summed E-state index contributed by atoms with van der Waals surface area (Å²) >= 11 is 13.3. The second-order valence-corrected chi connectivity index (χ2v) is 8.68. The minimum absolute atomic E-state index is 0.0714. The lowest BCUT2D eigenvalue weighted by molar-refractivity contribution is -0.113. The van der Waals surface area contributed by atoms with Crippen molar-refractivity contribution < 1.29 is 4.79 Å². The quantitative estimate of drug-likeness (QED) is 0.239. The van der Waals surface area contributed by atoms with Crippen molar-refractivity contribution in [3.8, 4) is 0 Å². The van der Waals surface area contributed by atoms with E-state index < -0.39 is 0 Å². The standard InChI is InChI=1S/C22H23Cl2N3O2S/c1-2-3-4-7-12-27-21(29)16-8-5-6-9-18(16)26-22(27)30-14-20(28)25-19-13-15(23)10-11-17(19)24/h5-6,8-11,13H,2-4,7,12,14H2,1H3,(H,25,28). The first-order valence-electron chi connectivity index (χ1n) is 9.87. The van der Waals surface area contributed by atoms with Gasteiger partial charge in [-0.15, -0.1) is 0 Å². The van der Waals surface area contributed by atoms with E-state index in [0.29, 0.717) is 38.3 Å². The first kappa shape index (κ1) is 22.7. The van der Waals surface area contributed by atoms with Crippen molar-refractivity contribution in [2.24, 2.45) is 0 Å². The van der Waals surface area contributed by atoms with Gasteiger partial charge in [-0.05, 0) is 36.8 Å². The monoisotopic (exact) mass is 463 g/mol. The van der Waals surface area contributed by atoms with Crippen molar-refractivity contribution in [2.45, 2.75) is 44.3 Å². The Morgan fingerprint density at radius 3 is 2.73 bits per heavy atom. The molecule has 8 heteroatoms. The van der Waals surface area contributed by atoms with Crippen LogP contribution in [-0.4, -0.2) is 21.2 Å². The van der Waals surface area contributed by atoms with Crippen LogP contribution in [0.15, 0.2) is 52.4 Å². The summed E-state index contributed by atoms with van der Waals surface area (Å²) in [5.74, 6) is -0.146. The fourth-order valence-corrected chi connectivity index (χ4v) is 4.22. The number of nitrogens with one attached hydrogen (secondary N) is 1. The first-order valence-corrected chi connectivity index (χ1v) is 11.6. The molecule has 0 atom stereocenters. The molecule has 1 aromatic heterocycles. The maximum atomic E-state index is 13.0. The summed E-state index contributed by atoms with van der Waals surface area (Å²) < 4.78 is 1.68. The largest absolute Gasteiger partial charge is 0.324 e. The van der Waals surface area contributed by atoms with E-state index in [2.05, 4.69) is 17.2 Å². The molecule has 0 aliphatic heterocycles. The SMILES string of the molecule is CCCCCCn1c(SCC(=O)Nc2cc(Cl)ccc2Cl)nc2ccccc2c1=O. The van der Waals surface area contributed by atoms with Gasteiger partial charge in [0.25, 0.3) is 5.56 Å². The van der Waals surface area contributed by atoms with Gasteiger partial charge in [0.1, 0.15) is 0 Å². The number of carbonyl (C=O) groups is 1. The fraction of sp³-hybridized carbons (Fsp3) is 0.318. The molecule has 0 spiro atoms. The molecule has 0 bridgehead atoms. The van der Waals surface area contributed by atoms with Gasteiger partial charge in [-0.25, -0.2) is 4.98 Å². The number of rotatable bonds is 9. The third kappa shape index (κ3) is 5.78. The molecule has 0 fully saturated rings. The second-order valence-electron chi connectivity index (χ2n) is 6.89. The average molecular weight is 464 g/mol. The summed E-state index contributed by atoms with van der Waals surface area (Å²) in [7, 11) is 0. The van der Waals surface area contributed by atoms with E-state index in [9.17, 15) is 9.59 Å². The van der Waals surface area contributed by atoms with Crippen LogP contribution in [0, 0.1) is 0 Å². The molecule has 0 radical (unpaired) electrons. The highest BCUT2D eigenvalue weighted by Crippen LogP contribution is 2.26. The summed E-state index contributed by atoms with van der Waals surface area (Å²) in [6, 6.07) is 12.2. The van der Waals surface area contributed by atoms with Crippen molar-refractivity contribution in [3.63, 3.8) is 0 Å². The van der Waals surface area contributed by atoms with Gasteiger partial charge in [-0.2, -0.15) is 0 Å². The highest BCUT2D eigenvalue weighted by molar-refractivity contribution is 7.99. The third-order valence-corrected chi connectivity index (χ3v) is 6.14. The van der Waals surface area contributed by atoms with Gasteiger partial charge in [0.05, 0.1) is 27.4 Å². The van der Waals surface area contributed by atoms with Crippen LogP contribution in [0.2, 0.25) is 10.0 Å². The average Bonchev–Trinajstić information content (AvgIpc) is 2.74. The number of anilines is 1. The summed E-state index contributed by atoms with van der Waals surface area (Å²) in [4.78, 5) is 30.1. The normalized spacial score (nSPS) is 11.0. The van der Waals surface area contributed by atoms with Crippen LogP contribution >= 0.6 is 35.0 Å². The lowest BCUT2D eigenvalue weighted by atomic mass is 10.2. The second kappa shape index (κ2) is 10.8.